The molecule has 3 N–H and O–H groups in total. The molecule has 0 heterocycles. The van der Waals surface area contributed by atoms with E-state index in [1.54, 1.807) is 0 Å². The SMILES string of the molecule is CCC[N+](CCC)(CCC)CCC.OB(O)O. The molecule has 0 radical (unpaired) electrons. The van der Waals surface area contributed by atoms with E-state index in [-0.39, 0.29) is 0 Å². The zero-order chi connectivity index (χ0) is 13.7. The summed E-state index contributed by atoms with van der Waals surface area (Å²) in [5.41, 5.74) is 0. The summed E-state index contributed by atoms with van der Waals surface area (Å²) in [5.74, 6) is 0. The number of quaternary nitrogens is 1. The Hall–Kier alpha value is -0.0951. The van der Waals surface area contributed by atoms with Crippen molar-refractivity contribution in [2.45, 2.75) is 53.4 Å². The molecular formula is C12H31BNO3+. The minimum Gasteiger partial charge on any atom is -0.402 e. The second-order valence-corrected chi connectivity index (χ2v) is 4.58. The van der Waals surface area contributed by atoms with Gasteiger partial charge >= 0.3 is 7.32 Å². The topological polar surface area (TPSA) is 60.7 Å². The van der Waals surface area contributed by atoms with Gasteiger partial charge in [0.25, 0.3) is 0 Å². The van der Waals surface area contributed by atoms with Gasteiger partial charge in [-0.25, -0.2) is 0 Å². The van der Waals surface area contributed by atoms with Gasteiger partial charge in [-0.15, -0.1) is 0 Å². The first-order valence-electron chi connectivity index (χ1n) is 6.87. The summed E-state index contributed by atoms with van der Waals surface area (Å²) in [6.07, 6.45) is 5.33. The predicted octanol–water partition coefficient (Wildman–Crippen LogP) is 1.39. The zero-order valence-electron chi connectivity index (χ0n) is 12.0. The van der Waals surface area contributed by atoms with Crippen LogP contribution in [0.15, 0.2) is 0 Å². The molecule has 5 heteroatoms. The maximum atomic E-state index is 7.17. The van der Waals surface area contributed by atoms with Crippen LogP contribution in [0.3, 0.4) is 0 Å². The van der Waals surface area contributed by atoms with Gasteiger partial charge in [0, 0.05) is 0 Å². The molecule has 0 aromatic heterocycles. The summed E-state index contributed by atoms with van der Waals surface area (Å²) in [6.45, 7) is 14.8. The average Bonchev–Trinajstić information content (AvgIpc) is 2.18. The third-order valence-corrected chi connectivity index (χ3v) is 2.79. The van der Waals surface area contributed by atoms with E-state index in [2.05, 4.69) is 27.7 Å². The van der Waals surface area contributed by atoms with Crippen molar-refractivity contribution in [3.63, 3.8) is 0 Å². The van der Waals surface area contributed by atoms with Gasteiger partial charge < -0.3 is 19.6 Å². The Morgan fingerprint density at radius 2 is 0.824 bits per heavy atom. The molecule has 0 aliphatic heterocycles. The van der Waals surface area contributed by atoms with E-state index in [1.807, 2.05) is 0 Å². The number of hydrogen-bond donors (Lipinski definition) is 3. The summed E-state index contributed by atoms with van der Waals surface area (Å²) in [4.78, 5) is 0. The van der Waals surface area contributed by atoms with Crippen molar-refractivity contribution in [1.29, 1.82) is 0 Å². The van der Waals surface area contributed by atoms with Crippen molar-refractivity contribution in [1.82, 2.24) is 0 Å². The Labute approximate surface area is 107 Å². The van der Waals surface area contributed by atoms with Crippen molar-refractivity contribution < 1.29 is 19.6 Å². The van der Waals surface area contributed by atoms with Crippen LogP contribution in [0, 0.1) is 0 Å². The fourth-order valence-corrected chi connectivity index (χ4v) is 2.57. The maximum Gasteiger partial charge on any atom is 0.631 e. The number of hydrogen-bond acceptors (Lipinski definition) is 3. The third-order valence-electron chi connectivity index (χ3n) is 2.79. The molecule has 17 heavy (non-hydrogen) atoms. The molecule has 0 spiro atoms. The van der Waals surface area contributed by atoms with Crippen LogP contribution in [0.1, 0.15) is 53.4 Å². The van der Waals surface area contributed by atoms with E-state index in [0.29, 0.717) is 0 Å². The standard InChI is InChI=1S/C12H28N.BH3O3/c1-5-9-13(10-6-2,11-7-3)12-8-4;2-1(3)4/h5-12H2,1-4H3;2-4H/q+1;. The van der Waals surface area contributed by atoms with Crippen molar-refractivity contribution in [3.05, 3.63) is 0 Å². The molecule has 0 unspecified atom stereocenters. The highest BCUT2D eigenvalue weighted by Gasteiger charge is 2.22. The lowest BCUT2D eigenvalue weighted by atomic mass is 10.2. The van der Waals surface area contributed by atoms with Gasteiger partial charge in [0.1, 0.15) is 0 Å². The monoisotopic (exact) mass is 248 g/mol. The highest BCUT2D eigenvalue weighted by molar-refractivity contribution is 6.30. The third kappa shape index (κ3) is 12.2. The lowest BCUT2D eigenvalue weighted by Crippen LogP contribution is -2.50. The highest BCUT2D eigenvalue weighted by atomic mass is 16.5. The van der Waals surface area contributed by atoms with Crippen molar-refractivity contribution >= 4 is 7.32 Å². The van der Waals surface area contributed by atoms with Crippen LogP contribution in [-0.2, 0) is 0 Å². The lowest BCUT2D eigenvalue weighted by Gasteiger charge is -2.38. The molecule has 0 rings (SSSR count). The van der Waals surface area contributed by atoms with Crippen molar-refractivity contribution in [2.24, 2.45) is 0 Å². The van der Waals surface area contributed by atoms with Crippen molar-refractivity contribution in [3.8, 4) is 0 Å². The molecule has 4 nitrogen and oxygen atoms in total. The normalized spacial score (nSPS) is 10.8. The molecule has 0 aliphatic carbocycles. The van der Waals surface area contributed by atoms with E-state index in [4.69, 9.17) is 15.1 Å². The fourth-order valence-electron chi connectivity index (χ4n) is 2.57. The van der Waals surface area contributed by atoms with Crippen LogP contribution in [0.2, 0.25) is 0 Å². The smallest absolute Gasteiger partial charge is 0.402 e. The molecule has 104 valence electrons. The van der Waals surface area contributed by atoms with E-state index in [9.17, 15) is 0 Å². The highest BCUT2D eigenvalue weighted by Crippen LogP contribution is 2.12. The van der Waals surface area contributed by atoms with Gasteiger partial charge in [-0.2, -0.15) is 0 Å². The second-order valence-electron chi connectivity index (χ2n) is 4.58. The average molecular weight is 248 g/mol. The van der Waals surface area contributed by atoms with Crippen molar-refractivity contribution in [2.75, 3.05) is 26.2 Å². The molecule has 0 saturated heterocycles. The Morgan fingerprint density at radius 1 is 0.647 bits per heavy atom. The molecule has 0 amide bonds. The molecular weight excluding hydrogens is 217 g/mol. The first-order chi connectivity index (χ1) is 7.97. The quantitative estimate of drug-likeness (QED) is 0.449. The van der Waals surface area contributed by atoms with E-state index < -0.39 is 7.32 Å². The van der Waals surface area contributed by atoms with Crippen LogP contribution in [0.4, 0.5) is 0 Å². The Bertz CT molecular complexity index is 124. The largest absolute Gasteiger partial charge is 0.631 e. The summed E-state index contributed by atoms with van der Waals surface area (Å²) >= 11 is 0. The Morgan fingerprint density at radius 3 is 0.941 bits per heavy atom. The summed E-state index contributed by atoms with van der Waals surface area (Å²) in [5, 5.41) is 21.5. The van der Waals surface area contributed by atoms with Crippen LogP contribution >= 0.6 is 0 Å². The molecule has 0 aromatic carbocycles. The minimum absolute atomic E-state index is 1.33. The zero-order valence-corrected chi connectivity index (χ0v) is 12.0. The van der Waals surface area contributed by atoms with Gasteiger partial charge in [-0.05, 0) is 25.7 Å². The molecule has 0 saturated carbocycles. The molecule has 0 fully saturated rings. The van der Waals surface area contributed by atoms with E-state index in [1.165, 1.54) is 56.3 Å². The Balaban J connectivity index is 0. The summed E-state index contributed by atoms with van der Waals surface area (Å²) in [6, 6.07) is 0. The second kappa shape index (κ2) is 12.4. The lowest BCUT2D eigenvalue weighted by molar-refractivity contribution is -0.928. The van der Waals surface area contributed by atoms with Crippen LogP contribution < -0.4 is 0 Å². The van der Waals surface area contributed by atoms with Crippen LogP contribution in [0.5, 0.6) is 0 Å². The van der Waals surface area contributed by atoms with E-state index in [0.717, 1.165) is 0 Å². The first-order valence-corrected chi connectivity index (χ1v) is 6.87. The van der Waals surface area contributed by atoms with Gasteiger partial charge in [0.05, 0.1) is 26.2 Å². The first kappa shape index (κ1) is 19.2. The van der Waals surface area contributed by atoms with Gasteiger partial charge in [-0.1, -0.05) is 27.7 Å². The number of rotatable bonds is 8. The van der Waals surface area contributed by atoms with Gasteiger partial charge in [0.15, 0.2) is 0 Å². The molecule has 0 bridgehead atoms. The van der Waals surface area contributed by atoms with E-state index >= 15 is 0 Å². The summed E-state index contributed by atoms with van der Waals surface area (Å²) < 4.78 is 1.38. The molecule has 0 atom stereocenters. The summed E-state index contributed by atoms with van der Waals surface area (Å²) in [7, 11) is -2.17. The fraction of sp³-hybridized carbons (Fsp3) is 1.00. The van der Waals surface area contributed by atoms with Gasteiger partial charge in [-0.3, -0.25) is 0 Å². The van der Waals surface area contributed by atoms with Gasteiger partial charge in [0.2, 0.25) is 0 Å². The molecule has 0 aromatic rings. The minimum atomic E-state index is -2.17. The maximum absolute atomic E-state index is 7.17. The number of nitrogens with zero attached hydrogens (tertiary/aromatic N) is 1. The predicted molar refractivity (Wildman–Crippen MR) is 73.3 cm³/mol. The Kier molecular flexibility index (Phi) is 14.0. The van der Waals surface area contributed by atoms with Crippen LogP contribution in [-0.4, -0.2) is 53.1 Å². The van der Waals surface area contributed by atoms with Crippen LogP contribution in [0.25, 0.3) is 0 Å². The molecule has 0 aliphatic rings.